The van der Waals surface area contributed by atoms with Crippen LogP contribution >= 0.6 is 11.3 Å². The van der Waals surface area contributed by atoms with Crippen LogP contribution in [0, 0.1) is 0 Å². The lowest BCUT2D eigenvalue weighted by Crippen LogP contribution is -2.31. The Morgan fingerprint density at radius 2 is 2.07 bits per heavy atom. The lowest BCUT2D eigenvalue weighted by molar-refractivity contribution is -0.123. The molecule has 2 heterocycles. The Bertz CT molecular complexity index is 1030. The molecule has 1 aromatic carbocycles. The molecule has 0 saturated heterocycles. The van der Waals surface area contributed by atoms with E-state index in [4.69, 9.17) is 4.74 Å². The van der Waals surface area contributed by atoms with Gasteiger partial charge in [0.1, 0.15) is 5.75 Å². The highest BCUT2D eigenvalue weighted by atomic mass is 32.1. The van der Waals surface area contributed by atoms with Crippen molar-refractivity contribution < 1.29 is 14.3 Å². The number of pyridine rings is 1. The van der Waals surface area contributed by atoms with Gasteiger partial charge in [-0.25, -0.2) is 4.98 Å². The lowest BCUT2D eigenvalue weighted by Gasteiger charge is -2.20. The number of benzene rings is 1. The van der Waals surface area contributed by atoms with E-state index >= 15 is 0 Å². The predicted molar refractivity (Wildman–Crippen MR) is 115 cm³/mol. The van der Waals surface area contributed by atoms with Crippen LogP contribution in [0.5, 0.6) is 5.75 Å². The fraction of sp³-hybridized carbons (Fsp3) is 0.273. The minimum absolute atomic E-state index is 0.0434. The molecule has 1 aliphatic rings. The summed E-state index contributed by atoms with van der Waals surface area (Å²) >= 11 is 1.44. The number of hydrogen-bond donors (Lipinski definition) is 2. The number of nitrogens with zero attached hydrogens (tertiary/aromatic N) is 2. The van der Waals surface area contributed by atoms with Crippen LogP contribution in [-0.4, -0.2) is 28.9 Å². The molecule has 0 fully saturated rings. The van der Waals surface area contributed by atoms with Gasteiger partial charge in [0.25, 0.3) is 5.91 Å². The molecule has 0 bridgehead atoms. The summed E-state index contributed by atoms with van der Waals surface area (Å²) < 4.78 is 5.12. The average molecular weight is 423 g/mol. The van der Waals surface area contributed by atoms with E-state index in [9.17, 15) is 9.59 Å². The van der Waals surface area contributed by atoms with Crippen LogP contribution in [0.25, 0.3) is 0 Å². The number of aromatic nitrogens is 2. The topological polar surface area (TPSA) is 93.2 Å². The average Bonchev–Trinajstić information content (AvgIpc) is 3.20. The molecule has 0 radical (unpaired) electrons. The molecule has 1 atom stereocenters. The van der Waals surface area contributed by atoms with Gasteiger partial charge in [0.15, 0.2) is 5.13 Å². The Balaban J connectivity index is 1.44. The van der Waals surface area contributed by atoms with Crippen LogP contribution in [0.4, 0.5) is 5.13 Å². The SMILES string of the molecule is COc1ccc(C(=O)Nc2nc3c(s2)CCCC3C(=O)NCc2cccnc2)cc1. The Morgan fingerprint density at radius 1 is 1.23 bits per heavy atom. The number of methoxy groups -OCH3 is 1. The van der Waals surface area contributed by atoms with Gasteiger partial charge in [0.2, 0.25) is 5.91 Å². The van der Waals surface area contributed by atoms with E-state index in [1.54, 1.807) is 43.8 Å². The molecule has 1 aliphatic carbocycles. The maximum atomic E-state index is 12.8. The minimum atomic E-state index is -0.298. The fourth-order valence-corrected chi connectivity index (χ4v) is 4.51. The Kier molecular flexibility index (Phi) is 6.04. The van der Waals surface area contributed by atoms with E-state index in [1.165, 1.54) is 11.3 Å². The summed E-state index contributed by atoms with van der Waals surface area (Å²) in [6.07, 6.45) is 5.99. The summed E-state index contributed by atoms with van der Waals surface area (Å²) in [5.41, 5.74) is 2.25. The monoisotopic (exact) mass is 422 g/mol. The van der Waals surface area contributed by atoms with Crippen LogP contribution in [0.3, 0.4) is 0 Å². The number of amides is 2. The van der Waals surface area contributed by atoms with E-state index in [2.05, 4.69) is 20.6 Å². The van der Waals surface area contributed by atoms with Crippen molar-refractivity contribution >= 4 is 28.3 Å². The third-order valence-corrected chi connectivity index (χ3v) is 6.08. The Labute approximate surface area is 178 Å². The Morgan fingerprint density at radius 3 is 2.80 bits per heavy atom. The van der Waals surface area contributed by atoms with E-state index in [-0.39, 0.29) is 17.7 Å². The summed E-state index contributed by atoms with van der Waals surface area (Å²) in [4.78, 5) is 35.0. The van der Waals surface area contributed by atoms with Gasteiger partial charge in [-0.2, -0.15) is 0 Å². The first-order valence-electron chi connectivity index (χ1n) is 9.75. The summed E-state index contributed by atoms with van der Waals surface area (Å²) in [5, 5.41) is 6.36. The van der Waals surface area contributed by atoms with Crippen molar-refractivity contribution in [1.82, 2.24) is 15.3 Å². The molecule has 2 amide bonds. The highest BCUT2D eigenvalue weighted by molar-refractivity contribution is 7.16. The first-order chi connectivity index (χ1) is 14.6. The number of hydrogen-bond acceptors (Lipinski definition) is 6. The smallest absolute Gasteiger partial charge is 0.257 e. The molecule has 8 heteroatoms. The molecule has 30 heavy (non-hydrogen) atoms. The normalized spacial score (nSPS) is 15.2. The van der Waals surface area contributed by atoms with Crippen molar-refractivity contribution in [1.29, 1.82) is 0 Å². The highest BCUT2D eigenvalue weighted by Gasteiger charge is 2.30. The summed E-state index contributed by atoms with van der Waals surface area (Å²) in [6.45, 7) is 0.434. The van der Waals surface area contributed by atoms with Crippen LogP contribution in [-0.2, 0) is 17.8 Å². The molecule has 2 N–H and O–H groups in total. The molecule has 7 nitrogen and oxygen atoms in total. The van der Waals surface area contributed by atoms with E-state index in [1.807, 2.05) is 12.1 Å². The van der Waals surface area contributed by atoms with Gasteiger partial charge in [-0.05, 0) is 55.2 Å². The number of thiazole rings is 1. The van der Waals surface area contributed by atoms with Crippen molar-refractivity contribution in [3.63, 3.8) is 0 Å². The van der Waals surface area contributed by atoms with Crippen LogP contribution in [0.1, 0.15) is 45.3 Å². The van der Waals surface area contributed by atoms with E-state index in [0.717, 1.165) is 35.4 Å². The van der Waals surface area contributed by atoms with Crippen LogP contribution < -0.4 is 15.4 Å². The van der Waals surface area contributed by atoms with Gasteiger partial charge in [0, 0.05) is 29.4 Å². The van der Waals surface area contributed by atoms with E-state index in [0.29, 0.717) is 23.0 Å². The van der Waals surface area contributed by atoms with E-state index < -0.39 is 0 Å². The summed E-state index contributed by atoms with van der Waals surface area (Å²) in [5.74, 6) is 0.115. The standard InChI is InChI=1S/C22H22N4O3S/c1-29-16-9-7-15(8-10-16)20(27)26-22-25-19-17(5-2-6-18(19)30-22)21(28)24-13-14-4-3-11-23-12-14/h3-4,7-12,17H,2,5-6,13H2,1H3,(H,24,28)(H,25,26,27). The number of nitrogens with one attached hydrogen (secondary N) is 2. The maximum absolute atomic E-state index is 12.8. The first-order valence-corrected chi connectivity index (χ1v) is 10.6. The molecular weight excluding hydrogens is 400 g/mol. The lowest BCUT2D eigenvalue weighted by atomic mass is 9.90. The number of ether oxygens (including phenoxy) is 1. The van der Waals surface area contributed by atoms with Crippen molar-refractivity contribution in [2.75, 3.05) is 12.4 Å². The maximum Gasteiger partial charge on any atom is 0.257 e. The number of rotatable bonds is 6. The quantitative estimate of drug-likeness (QED) is 0.634. The number of carbonyl (C=O) groups excluding carboxylic acids is 2. The van der Waals surface area contributed by atoms with Gasteiger partial charge in [-0.3, -0.25) is 19.9 Å². The van der Waals surface area contributed by atoms with Crippen LogP contribution in [0.2, 0.25) is 0 Å². The van der Waals surface area contributed by atoms with Gasteiger partial charge >= 0.3 is 0 Å². The predicted octanol–water partition coefficient (Wildman–Crippen LogP) is 3.54. The van der Waals surface area contributed by atoms with Crippen molar-refractivity contribution in [3.05, 3.63) is 70.5 Å². The second-order valence-electron chi connectivity index (χ2n) is 7.03. The molecule has 3 aromatic rings. The number of carbonyl (C=O) groups is 2. The molecule has 2 aromatic heterocycles. The van der Waals surface area contributed by atoms with Gasteiger partial charge < -0.3 is 10.1 Å². The molecular formula is C22H22N4O3S. The van der Waals surface area contributed by atoms with Gasteiger partial charge in [0.05, 0.1) is 18.7 Å². The molecule has 4 rings (SSSR count). The second kappa shape index (κ2) is 9.04. The largest absolute Gasteiger partial charge is 0.497 e. The molecule has 1 unspecified atom stereocenters. The molecule has 154 valence electrons. The molecule has 0 spiro atoms. The second-order valence-corrected chi connectivity index (χ2v) is 8.12. The highest BCUT2D eigenvalue weighted by Crippen LogP contribution is 2.37. The molecule has 0 saturated carbocycles. The minimum Gasteiger partial charge on any atom is -0.497 e. The fourth-order valence-electron chi connectivity index (χ4n) is 3.45. The zero-order valence-corrected chi connectivity index (χ0v) is 17.4. The van der Waals surface area contributed by atoms with Crippen molar-refractivity contribution in [2.24, 2.45) is 0 Å². The third kappa shape index (κ3) is 4.49. The van der Waals surface area contributed by atoms with Gasteiger partial charge in [-0.15, -0.1) is 11.3 Å². The van der Waals surface area contributed by atoms with Crippen molar-refractivity contribution in [2.45, 2.75) is 31.7 Å². The Hall–Kier alpha value is -3.26. The number of fused-ring (bicyclic) bond motifs is 1. The number of aryl methyl sites for hydroxylation is 1. The number of anilines is 1. The van der Waals surface area contributed by atoms with Gasteiger partial charge in [-0.1, -0.05) is 6.07 Å². The van der Waals surface area contributed by atoms with Crippen LogP contribution in [0.15, 0.2) is 48.8 Å². The molecule has 0 aliphatic heterocycles. The first kappa shape index (κ1) is 20.0. The van der Waals surface area contributed by atoms with Crippen molar-refractivity contribution in [3.8, 4) is 5.75 Å². The summed E-state index contributed by atoms with van der Waals surface area (Å²) in [6, 6.07) is 10.7. The summed E-state index contributed by atoms with van der Waals surface area (Å²) in [7, 11) is 1.58. The third-order valence-electron chi connectivity index (χ3n) is 5.03. The zero-order chi connectivity index (χ0) is 20.9. The zero-order valence-electron chi connectivity index (χ0n) is 16.6.